The Kier molecular flexibility index (Phi) is 5.11. The maximum Gasteiger partial charge on any atom is 0.321 e. The van der Waals surface area contributed by atoms with Gasteiger partial charge in [-0.2, -0.15) is 0 Å². The lowest BCUT2D eigenvalue weighted by Gasteiger charge is -2.26. The molecule has 2 aliphatic heterocycles. The zero-order chi connectivity index (χ0) is 19.5. The van der Waals surface area contributed by atoms with Crippen LogP contribution >= 0.6 is 0 Å². The van der Waals surface area contributed by atoms with Crippen molar-refractivity contribution in [2.24, 2.45) is 0 Å². The number of nitrogens with one attached hydrogen (secondary N) is 1. The molecule has 0 saturated carbocycles. The summed E-state index contributed by atoms with van der Waals surface area (Å²) in [5.74, 6) is 0.0881. The van der Waals surface area contributed by atoms with Gasteiger partial charge >= 0.3 is 6.03 Å². The number of hydrogen-bond donors (Lipinski definition) is 2. The van der Waals surface area contributed by atoms with Crippen LogP contribution in [0.5, 0.6) is 0 Å². The quantitative estimate of drug-likeness (QED) is 0.810. The summed E-state index contributed by atoms with van der Waals surface area (Å²) in [6.07, 6.45) is 0.658. The zero-order valence-corrected chi connectivity index (χ0v) is 15.3. The summed E-state index contributed by atoms with van der Waals surface area (Å²) in [5, 5.41) is 9.91. The third-order valence-corrected chi connectivity index (χ3v) is 5.06. The molecule has 10 nitrogen and oxygen atoms in total. The van der Waals surface area contributed by atoms with E-state index in [2.05, 4.69) is 20.3 Å². The predicted octanol–water partition coefficient (Wildman–Crippen LogP) is 1.15. The second kappa shape index (κ2) is 7.85. The Morgan fingerprint density at radius 2 is 1.75 bits per heavy atom. The molecule has 28 heavy (non-hydrogen) atoms. The molecule has 1 aromatic heterocycles. The van der Waals surface area contributed by atoms with Crippen molar-refractivity contribution in [3.63, 3.8) is 0 Å². The Balaban J connectivity index is 1.32. The van der Waals surface area contributed by atoms with Gasteiger partial charge in [-0.3, -0.25) is 4.79 Å². The van der Waals surface area contributed by atoms with E-state index in [1.165, 1.54) is 5.56 Å². The summed E-state index contributed by atoms with van der Waals surface area (Å²) >= 11 is 0. The van der Waals surface area contributed by atoms with Gasteiger partial charge in [-0.25, -0.2) is 9.42 Å². The van der Waals surface area contributed by atoms with Gasteiger partial charge in [-0.1, -0.05) is 12.1 Å². The van der Waals surface area contributed by atoms with E-state index in [1.807, 2.05) is 24.3 Å². The molecule has 4 rings (SSSR count). The van der Waals surface area contributed by atoms with Gasteiger partial charge in [-0.05, 0) is 34.4 Å². The minimum atomic E-state index is -0.337. The fourth-order valence-corrected chi connectivity index (χ4v) is 3.29. The highest BCUT2D eigenvalue weighted by Gasteiger charge is 2.26. The van der Waals surface area contributed by atoms with Gasteiger partial charge in [0, 0.05) is 37.8 Å². The molecule has 2 aliphatic rings. The average Bonchev–Trinajstić information content (AvgIpc) is 2.92. The number of benzene rings is 1. The minimum absolute atomic E-state index is 0.00912. The minimum Gasteiger partial charge on any atom is -0.380 e. The predicted molar refractivity (Wildman–Crippen MR) is 99.8 cm³/mol. The topological polar surface area (TPSA) is 127 Å². The van der Waals surface area contributed by atoms with Gasteiger partial charge in [0.2, 0.25) is 11.5 Å². The molecule has 0 bridgehead atoms. The van der Waals surface area contributed by atoms with Crippen molar-refractivity contribution in [1.29, 1.82) is 0 Å². The zero-order valence-electron chi connectivity index (χ0n) is 15.3. The fraction of sp³-hybridized carbons (Fsp3) is 0.444. The van der Waals surface area contributed by atoms with E-state index in [9.17, 15) is 9.59 Å². The molecule has 0 spiro atoms. The summed E-state index contributed by atoms with van der Waals surface area (Å²) in [6, 6.07) is 7.65. The van der Waals surface area contributed by atoms with Gasteiger partial charge in [0.15, 0.2) is 0 Å². The number of carbonyl (C=O) groups excluding carboxylic acids is 2. The normalized spacial score (nSPS) is 17.7. The first-order valence-corrected chi connectivity index (χ1v) is 9.23. The molecule has 2 saturated heterocycles. The molecule has 3 N–H and O–H groups in total. The molecule has 2 fully saturated rings. The monoisotopic (exact) mass is 386 g/mol. The molecule has 0 radical (unpaired) electrons. The van der Waals surface area contributed by atoms with Crippen molar-refractivity contribution in [2.45, 2.75) is 12.3 Å². The number of nitrogens with two attached hydrogens (primary N) is 1. The fourth-order valence-electron chi connectivity index (χ4n) is 3.29. The van der Waals surface area contributed by atoms with Crippen LogP contribution in [-0.2, 0) is 4.74 Å². The third-order valence-electron chi connectivity index (χ3n) is 5.06. The van der Waals surface area contributed by atoms with Crippen molar-refractivity contribution in [2.75, 3.05) is 50.4 Å². The number of anilines is 2. The van der Waals surface area contributed by atoms with E-state index in [4.69, 9.17) is 10.5 Å². The van der Waals surface area contributed by atoms with Crippen LogP contribution in [0.4, 0.5) is 16.3 Å². The summed E-state index contributed by atoms with van der Waals surface area (Å²) in [5.41, 5.74) is 7.56. The number of ether oxygens (including phenoxy) is 1. The number of amides is 3. The highest BCUT2D eigenvalue weighted by molar-refractivity contribution is 5.96. The third kappa shape index (κ3) is 3.77. The van der Waals surface area contributed by atoms with Gasteiger partial charge < -0.3 is 25.6 Å². The Morgan fingerprint density at radius 1 is 1.04 bits per heavy atom. The van der Waals surface area contributed by atoms with Crippen LogP contribution in [0.1, 0.15) is 28.4 Å². The number of hydrogen-bond acceptors (Lipinski definition) is 7. The van der Waals surface area contributed by atoms with Gasteiger partial charge in [-0.15, -0.1) is 0 Å². The lowest BCUT2D eigenvalue weighted by molar-refractivity contribution is 0.00843. The Bertz CT molecular complexity index is 848. The SMILES string of the molecule is Nc1nonc1C(=O)N1CCCN(C(=O)Nc2ccc(C3COC3)cc2)CC1. The first-order chi connectivity index (χ1) is 13.6. The number of aromatic nitrogens is 2. The van der Waals surface area contributed by atoms with Gasteiger partial charge in [0.1, 0.15) is 0 Å². The highest BCUT2D eigenvalue weighted by Crippen LogP contribution is 2.25. The number of nitrogen functional groups attached to an aromatic ring is 1. The molecule has 1 aromatic carbocycles. The number of nitrogens with zero attached hydrogens (tertiary/aromatic N) is 4. The number of rotatable bonds is 3. The smallest absolute Gasteiger partial charge is 0.321 e. The van der Waals surface area contributed by atoms with E-state index >= 15 is 0 Å². The van der Waals surface area contributed by atoms with Crippen LogP contribution in [0.3, 0.4) is 0 Å². The van der Waals surface area contributed by atoms with Crippen LogP contribution in [0, 0.1) is 0 Å². The molecule has 0 aliphatic carbocycles. The molecule has 3 heterocycles. The first-order valence-electron chi connectivity index (χ1n) is 9.23. The highest BCUT2D eigenvalue weighted by atomic mass is 16.6. The van der Waals surface area contributed by atoms with Crippen LogP contribution in [-0.4, -0.2) is 71.4 Å². The van der Waals surface area contributed by atoms with Gasteiger partial charge in [0.25, 0.3) is 5.91 Å². The number of carbonyl (C=O) groups is 2. The van der Waals surface area contributed by atoms with Crippen molar-refractivity contribution in [1.82, 2.24) is 20.1 Å². The first kappa shape index (κ1) is 18.2. The second-order valence-electron chi connectivity index (χ2n) is 6.92. The maximum atomic E-state index is 12.6. The second-order valence-corrected chi connectivity index (χ2v) is 6.92. The van der Waals surface area contributed by atoms with E-state index in [-0.39, 0.29) is 23.5 Å². The lowest BCUT2D eigenvalue weighted by Crippen LogP contribution is -2.39. The molecule has 148 valence electrons. The van der Waals surface area contributed by atoms with Gasteiger partial charge in [0.05, 0.1) is 13.2 Å². The van der Waals surface area contributed by atoms with E-state index in [1.54, 1.807) is 9.80 Å². The molecule has 2 aromatic rings. The molecule has 0 atom stereocenters. The van der Waals surface area contributed by atoms with Crippen molar-refractivity contribution < 1.29 is 19.0 Å². The van der Waals surface area contributed by atoms with E-state index in [0.29, 0.717) is 38.5 Å². The van der Waals surface area contributed by atoms with Crippen molar-refractivity contribution in [3.05, 3.63) is 35.5 Å². The van der Waals surface area contributed by atoms with Crippen LogP contribution in [0.25, 0.3) is 0 Å². The Hall–Kier alpha value is -3.14. The summed E-state index contributed by atoms with van der Waals surface area (Å²) in [7, 11) is 0. The average molecular weight is 386 g/mol. The lowest BCUT2D eigenvalue weighted by atomic mass is 9.97. The van der Waals surface area contributed by atoms with Crippen molar-refractivity contribution in [3.8, 4) is 0 Å². The summed E-state index contributed by atoms with van der Waals surface area (Å²) < 4.78 is 9.70. The number of urea groups is 1. The van der Waals surface area contributed by atoms with Crippen molar-refractivity contribution >= 4 is 23.4 Å². The Morgan fingerprint density at radius 3 is 2.39 bits per heavy atom. The van der Waals surface area contributed by atoms with Crippen LogP contribution in [0.15, 0.2) is 28.9 Å². The standard InChI is InChI=1S/C18H22N6O4/c19-16-15(21-28-22-16)17(25)23-6-1-7-24(9-8-23)18(26)20-14-4-2-12(3-5-14)13-10-27-11-13/h2-5,13H,1,6-11H2,(H2,19,22)(H,20,26). The molecular weight excluding hydrogens is 364 g/mol. The molecule has 3 amide bonds. The Labute approximate surface area is 161 Å². The maximum absolute atomic E-state index is 12.6. The van der Waals surface area contributed by atoms with E-state index < -0.39 is 0 Å². The van der Waals surface area contributed by atoms with Crippen LogP contribution in [0.2, 0.25) is 0 Å². The van der Waals surface area contributed by atoms with E-state index in [0.717, 1.165) is 18.9 Å². The van der Waals surface area contributed by atoms with Crippen LogP contribution < -0.4 is 11.1 Å². The molecule has 10 heteroatoms. The summed E-state index contributed by atoms with van der Waals surface area (Å²) in [6.45, 7) is 3.38. The summed E-state index contributed by atoms with van der Waals surface area (Å²) in [4.78, 5) is 28.4. The molecular formula is C18H22N6O4. The largest absolute Gasteiger partial charge is 0.380 e. The molecule has 0 unspecified atom stereocenters.